The second-order valence-corrected chi connectivity index (χ2v) is 8.82. The van der Waals surface area contributed by atoms with Gasteiger partial charge in [-0.25, -0.2) is 8.42 Å². The zero-order chi connectivity index (χ0) is 18.7. The van der Waals surface area contributed by atoms with Crippen LogP contribution in [0.5, 0.6) is 0 Å². The standard InChI is InChI=1S/C17H19BrN4O3S/c1-20-13-14(12-19-20)2-7-17(23)21-8-10-22(11-9-21)26(24,25)16-5-3-15(18)4-6-16/h2-7,12-13H,8-11H2,1H3/b7-2+. The average molecular weight is 439 g/mol. The number of benzene rings is 1. The number of sulfonamides is 1. The van der Waals surface area contributed by atoms with Crippen LogP contribution in [-0.2, 0) is 21.9 Å². The molecule has 1 amide bonds. The van der Waals surface area contributed by atoms with E-state index < -0.39 is 10.0 Å². The molecule has 2 aromatic rings. The van der Waals surface area contributed by atoms with Gasteiger partial charge in [-0.2, -0.15) is 9.40 Å². The number of aromatic nitrogens is 2. The average Bonchev–Trinajstić information content (AvgIpc) is 3.05. The van der Waals surface area contributed by atoms with Crippen LogP contribution in [0.3, 0.4) is 0 Å². The lowest BCUT2D eigenvalue weighted by molar-refractivity contribution is -0.127. The van der Waals surface area contributed by atoms with E-state index >= 15 is 0 Å². The highest BCUT2D eigenvalue weighted by Crippen LogP contribution is 2.20. The van der Waals surface area contributed by atoms with Crippen molar-refractivity contribution in [3.05, 3.63) is 52.8 Å². The zero-order valence-corrected chi connectivity index (χ0v) is 16.6. The fourth-order valence-electron chi connectivity index (χ4n) is 2.70. The van der Waals surface area contributed by atoms with E-state index in [1.807, 2.05) is 13.2 Å². The van der Waals surface area contributed by atoms with Gasteiger partial charge >= 0.3 is 0 Å². The van der Waals surface area contributed by atoms with E-state index in [4.69, 9.17) is 0 Å². The quantitative estimate of drug-likeness (QED) is 0.681. The summed E-state index contributed by atoms with van der Waals surface area (Å²) in [5.41, 5.74) is 0.845. The number of nitrogens with zero attached hydrogens (tertiary/aromatic N) is 4. The third-order valence-electron chi connectivity index (χ3n) is 4.14. The molecule has 0 N–H and O–H groups in total. The topological polar surface area (TPSA) is 75.5 Å². The molecule has 0 atom stereocenters. The van der Waals surface area contributed by atoms with Gasteiger partial charge in [0.05, 0.1) is 11.1 Å². The van der Waals surface area contributed by atoms with Gasteiger partial charge in [-0.1, -0.05) is 15.9 Å². The van der Waals surface area contributed by atoms with Crippen LogP contribution >= 0.6 is 15.9 Å². The van der Waals surface area contributed by atoms with Gasteiger partial charge in [-0.3, -0.25) is 9.48 Å². The summed E-state index contributed by atoms with van der Waals surface area (Å²) < 4.78 is 29.3. The molecule has 3 rings (SSSR count). The van der Waals surface area contributed by atoms with Gasteiger partial charge in [0, 0.05) is 55.5 Å². The first-order valence-electron chi connectivity index (χ1n) is 8.07. The molecule has 7 nitrogen and oxygen atoms in total. The van der Waals surface area contributed by atoms with Crippen molar-refractivity contribution >= 4 is 37.9 Å². The number of carbonyl (C=O) groups excluding carboxylic acids is 1. The Bertz CT molecular complexity index is 914. The van der Waals surface area contributed by atoms with Crippen LogP contribution in [-0.4, -0.2) is 59.5 Å². The molecule has 1 aromatic carbocycles. The van der Waals surface area contributed by atoms with Crippen LogP contribution in [0, 0.1) is 0 Å². The van der Waals surface area contributed by atoms with Gasteiger partial charge in [0.2, 0.25) is 15.9 Å². The molecule has 9 heteroatoms. The summed E-state index contributed by atoms with van der Waals surface area (Å²) in [6.07, 6.45) is 6.69. The summed E-state index contributed by atoms with van der Waals surface area (Å²) in [6.45, 7) is 1.30. The van der Waals surface area contributed by atoms with Crippen molar-refractivity contribution in [1.29, 1.82) is 0 Å². The summed E-state index contributed by atoms with van der Waals surface area (Å²) in [5.74, 6) is -0.130. The highest BCUT2D eigenvalue weighted by atomic mass is 79.9. The maximum absolute atomic E-state index is 12.7. The molecule has 0 spiro atoms. The molecule has 1 aromatic heterocycles. The Morgan fingerprint density at radius 1 is 1.15 bits per heavy atom. The molecule has 0 aliphatic carbocycles. The lowest BCUT2D eigenvalue weighted by atomic mass is 10.3. The smallest absolute Gasteiger partial charge is 0.246 e. The Hall–Kier alpha value is -1.97. The summed E-state index contributed by atoms with van der Waals surface area (Å²) in [5, 5.41) is 4.04. The summed E-state index contributed by atoms with van der Waals surface area (Å²) in [4.78, 5) is 14.2. The first kappa shape index (κ1) is 18.8. The molecule has 0 unspecified atom stereocenters. The van der Waals surface area contributed by atoms with Crippen molar-refractivity contribution in [2.45, 2.75) is 4.90 Å². The number of piperazine rings is 1. The number of carbonyl (C=O) groups is 1. The van der Waals surface area contributed by atoms with Crippen molar-refractivity contribution in [3.8, 4) is 0 Å². The van der Waals surface area contributed by atoms with Gasteiger partial charge in [-0.05, 0) is 30.3 Å². The van der Waals surface area contributed by atoms with Gasteiger partial charge in [0.25, 0.3) is 0 Å². The molecule has 1 fully saturated rings. The molecule has 1 aliphatic heterocycles. The van der Waals surface area contributed by atoms with Gasteiger partial charge < -0.3 is 4.90 Å². The van der Waals surface area contributed by atoms with E-state index in [1.54, 1.807) is 46.1 Å². The first-order chi connectivity index (χ1) is 12.4. The van der Waals surface area contributed by atoms with E-state index in [0.717, 1.165) is 10.0 Å². The van der Waals surface area contributed by atoms with Crippen molar-refractivity contribution in [2.75, 3.05) is 26.2 Å². The normalized spacial score (nSPS) is 16.3. The molecule has 138 valence electrons. The lowest BCUT2D eigenvalue weighted by Crippen LogP contribution is -2.50. The number of hydrogen-bond acceptors (Lipinski definition) is 4. The Morgan fingerprint density at radius 2 is 1.81 bits per heavy atom. The predicted molar refractivity (Wildman–Crippen MR) is 102 cm³/mol. The maximum atomic E-state index is 12.7. The largest absolute Gasteiger partial charge is 0.337 e. The van der Waals surface area contributed by atoms with E-state index in [2.05, 4.69) is 21.0 Å². The van der Waals surface area contributed by atoms with Gasteiger partial charge in [0.1, 0.15) is 0 Å². The fraction of sp³-hybridized carbons (Fsp3) is 0.294. The Labute approximate surface area is 161 Å². The summed E-state index contributed by atoms with van der Waals surface area (Å²) >= 11 is 3.30. The van der Waals surface area contributed by atoms with Crippen LogP contribution in [0.2, 0.25) is 0 Å². The molecule has 1 saturated heterocycles. The highest BCUT2D eigenvalue weighted by Gasteiger charge is 2.29. The molecule has 0 bridgehead atoms. The molecule has 2 heterocycles. The molecule has 0 saturated carbocycles. The first-order valence-corrected chi connectivity index (χ1v) is 10.3. The minimum absolute atomic E-state index is 0.130. The Morgan fingerprint density at radius 3 is 2.38 bits per heavy atom. The molecule has 0 radical (unpaired) electrons. The van der Waals surface area contributed by atoms with Crippen molar-refractivity contribution in [3.63, 3.8) is 0 Å². The van der Waals surface area contributed by atoms with E-state index in [-0.39, 0.29) is 23.9 Å². The number of rotatable bonds is 4. The lowest BCUT2D eigenvalue weighted by Gasteiger charge is -2.33. The van der Waals surface area contributed by atoms with Crippen LogP contribution in [0.25, 0.3) is 6.08 Å². The third-order valence-corrected chi connectivity index (χ3v) is 6.59. The maximum Gasteiger partial charge on any atom is 0.246 e. The van der Waals surface area contributed by atoms with E-state index in [0.29, 0.717) is 13.1 Å². The van der Waals surface area contributed by atoms with Gasteiger partial charge in [0.15, 0.2) is 0 Å². The Balaban J connectivity index is 1.60. The number of halogens is 1. The van der Waals surface area contributed by atoms with Crippen LogP contribution in [0.4, 0.5) is 0 Å². The predicted octanol–water partition coefficient (Wildman–Crippen LogP) is 1.73. The monoisotopic (exact) mass is 438 g/mol. The Kier molecular flexibility index (Phi) is 5.59. The second kappa shape index (κ2) is 7.73. The number of hydrogen-bond donors (Lipinski definition) is 0. The zero-order valence-electron chi connectivity index (χ0n) is 14.2. The van der Waals surface area contributed by atoms with Crippen LogP contribution in [0.1, 0.15) is 5.56 Å². The van der Waals surface area contributed by atoms with Crippen LogP contribution < -0.4 is 0 Å². The minimum Gasteiger partial charge on any atom is -0.337 e. The molecule has 26 heavy (non-hydrogen) atoms. The summed E-state index contributed by atoms with van der Waals surface area (Å²) in [6, 6.07) is 6.56. The third kappa shape index (κ3) is 4.22. The minimum atomic E-state index is -3.53. The second-order valence-electron chi connectivity index (χ2n) is 5.96. The van der Waals surface area contributed by atoms with Crippen LogP contribution in [0.15, 0.2) is 52.1 Å². The van der Waals surface area contributed by atoms with E-state index in [9.17, 15) is 13.2 Å². The van der Waals surface area contributed by atoms with E-state index in [1.165, 1.54) is 10.4 Å². The van der Waals surface area contributed by atoms with Gasteiger partial charge in [-0.15, -0.1) is 0 Å². The number of amides is 1. The number of aryl methyl sites for hydroxylation is 1. The van der Waals surface area contributed by atoms with Crippen molar-refractivity contribution < 1.29 is 13.2 Å². The fourth-order valence-corrected chi connectivity index (χ4v) is 4.39. The van der Waals surface area contributed by atoms with Crippen molar-refractivity contribution in [1.82, 2.24) is 19.0 Å². The molecular weight excluding hydrogens is 420 g/mol. The SMILES string of the molecule is Cn1cc(/C=C/C(=O)N2CCN(S(=O)(=O)c3ccc(Br)cc3)CC2)cn1. The molecular formula is C17H19BrN4O3S. The summed E-state index contributed by atoms with van der Waals surface area (Å²) in [7, 11) is -1.73. The molecule has 1 aliphatic rings. The van der Waals surface area contributed by atoms with Crippen molar-refractivity contribution in [2.24, 2.45) is 7.05 Å². The highest BCUT2D eigenvalue weighted by molar-refractivity contribution is 9.10.